The van der Waals surface area contributed by atoms with Crippen LogP contribution in [0.15, 0.2) is 47.4 Å². The van der Waals surface area contributed by atoms with Gasteiger partial charge in [-0.25, -0.2) is 0 Å². The minimum absolute atomic E-state index is 0.137. The Balaban J connectivity index is 1.94. The third kappa shape index (κ3) is 5.32. The van der Waals surface area contributed by atoms with Crippen molar-refractivity contribution >= 4 is 46.3 Å². The summed E-state index contributed by atoms with van der Waals surface area (Å²) in [5.74, 6) is -0.493. The van der Waals surface area contributed by atoms with Gasteiger partial charge in [-0.05, 0) is 25.5 Å². The summed E-state index contributed by atoms with van der Waals surface area (Å²) in [4.78, 5) is 26.0. The van der Waals surface area contributed by atoms with Gasteiger partial charge in [0.05, 0.1) is 17.4 Å². The molecule has 0 atom stereocenters. The molecular weight excluding hydrogens is 342 g/mol. The first-order chi connectivity index (χ1) is 11.5. The average Bonchev–Trinajstić information content (AvgIpc) is 2.80. The minimum atomic E-state index is -0.327. The Morgan fingerprint density at radius 3 is 2.71 bits per heavy atom. The predicted octanol–water partition coefficient (Wildman–Crippen LogP) is 3.79. The van der Waals surface area contributed by atoms with E-state index in [9.17, 15) is 9.59 Å². The Labute approximate surface area is 151 Å². The Morgan fingerprint density at radius 2 is 2.04 bits per heavy atom. The van der Waals surface area contributed by atoms with Gasteiger partial charge in [-0.3, -0.25) is 14.5 Å². The number of amides is 1. The number of allylic oxidation sites excluding steroid dienone is 2. The molecular formula is C18H19NO3S2. The minimum Gasteiger partial charge on any atom is -0.463 e. The lowest BCUT2D eigenvalue weighted by atomic mass is 10.2. The Hall–Kier alpha value is -1.92. The molecule has 0 aliphatic carbocycles. The van der Waals surface area contributed by atoms with Gasteiger partial charge in [-0.2, -0.15) is 0 Å². The molecule has 0 unspecified atom stereocenters. The Kier molecular flexibility index (Phi) is 6.75. The van der Waals surface area contributed by atoms with Crippen LogP contribution < -0.4 is 0 Å². The number of hydrogen-bond acceptors (Lipinski definition) is 5. The highest BCUT2D eigenvalue weighted by Crippen LogP contribution is 2.31. The molecule has 1 amide bonds. The number of hydrogen-bond donors (Lipinski definition) is 0. The van der Waals surface area contributed by atoms with Crippen molar-refractivity contribution in [1.82, 2.24) is 4.90 Å². The van der Waals surface area contributed by atoms with Crippen LogP contribution in [-0.2, 0) is 14.3 Å². The molecule has 0 spiro atoms. The van der Waals surface area contributed by atoms with Crippen LogP contribution in [0.3, 0.4) is 0 Å². The van der Waals surface area contributed by atoms with Gasteiger partial charge < -0.3 is 4.74 Å². The van der Waals surface area contributed by atoms with E-state index in [0.717, 1.165) is 5.56 Å². The molecule has 1 aliphatic heterocycles. The van der Waals surface area contributed by atoms with Gasteiger partial charge in [0.15, 0.2) is 0 Å². The lowest BCUT2D eigenvalue weighted by Crippen LogP contribution is -2.31. The molecule has 0 bridgehead atoms. The molecule has 0 aromatic heterocycles. The number of carbonyl (C=O) groups excluding carboxylic acids is 2. The second-order valence-corrected chi connectivity index (χ2v) is 7.09. The molecule has 2 rings (SSSR count). The van der Waals surface area contributed by atoms with E-state index in [2.05, 4.69) is 0 Å². The van der Waals surface area contributed by atoms with E-state index in [-0.39, 0.29) is 30.9 Å². The van der Waals surface area contributed by atoms with Gasteiger partial charge in [0, 0.05) is 6.54 Å². The fourth-order valence-corrected chi connectivity index (χ4v) is 3.30. The topological polar surface area (TPSA) is 46.6 Å². The molecule has 0 saturated carbocycles. The molecule has 1 aliphatic rings. The summed E-state index contributed by atoms with van der Waals surface area (Å²) in [5.41, 5.74) is 1.06. The smallest absolute Gasteiger partial charge is 0.307 e. The van der Waals surface area contributed by atoms with Gasteiger partial charge in [-0.1, -0.05) is 66.5 Å². The van der Waals surface area contributed by atoms with Crippen LogP contribution in [0.2, 0.25) is 0 Å². The van der Waals surface area contributed by atoms with E-state index in [1.165, 1.54) is 16.7 Å². The van der Waals surface area contributed by atoms with Gasteiger partial charge in [0.2, 0.25) is 0 Å². The second kappa shape index (κ2) is 8.80. The first kappa shape index (κ1) is 18.4. The molecule has 24 heavy (non-hydrogen) atoms. The summed E-state index contributed by atoms with van der Waals surface area (Å²) in [7, 11) is 0. The van der Waals surface area contributed by atoms with Gasteiger partial charge in [0.25, 0.3) is 5.91 Å². The number of benzene rings is 1. The molecule has 1 heterocycles. The van der Waals surface area contributed by atoms with Crippen LogP contribution >= 0.6 is 24.0 Å². The maximum atomic E-state index is 12.4. The maximum Gasteiger partial charge on any atom is 0.307 e. The highest BCUT2D eigenvalue weighted by molar-refractivity contribution is 8.26. The first-order valence-corrected chi connectivity index (χ1v) is 8.86. The number of rotatable bonds is 6. The van der Waals surface area contributed by atoms with Crippen LogP contribution in [0, 0.1) is 0 Å². The first-order valence-electron chi connectivity index (χ1n) is 7.64. The molecule has 6 heteroatoms. The molecule has 1 aromatic rings. The average molecular weight is 361 g/mol. The number of carbonyl (C=O) groups is 2. The van der Waals surface area contributed by atoms with E-state index < -0.39 is 0 Å². The van der Waals surface area contributed by atoms with Crippen molar-refractivity contribution in [3.63, 3.8) is 0 Å². The van der Waals surface area contributed by atoms with Crippen LogP contribution in [-0.4, -0.2) is 33.7 Å². The van der Waals surface area contributed by atoms with Crippen molar-refractivity contribution in [2.24, 2.45) is 0 Å². The lowest BCUT2D eigenvalue weighted by molar-refractivity contribution is -0.147. The summed E-state index contributed by atoms with van der Waals surface area (Å²) in [6.07, 6.45) is 5.48. The maximum absolute atomic E-state index is 12.4. The van der Waals surface area contributed by atoms with Crippen molar-refractivity contribution in [1.29, 1.82) is 0 Å². The molecule has 4 nitrogen and oxygen atoms in total. The van der Waals surface area contributed by atoms with Crippen LogP contribution in [0.25, 0.3) is 6.08 Å². The molecule has 1 fully saturated rings. The highest BCUT2D eigenvalue weighted by Gasteiger charge is 2.31. The number of nitrogens with zero attached hydrogens (tertiary/aromatic N) is 1. The second-order valence-electron chi connectivity index (χ2n) is 5.41. The third-order valence-electron chi connectivity index (χ3n) is 3.12. The number of thioether (sulfide) groups is 1. The quantitative estimate of drug-likeness (QED) is 0.438. The zero-order chi connectivity index (χ0) is 17.5. The number of esters is 1. The monoisotopic (exact) mass is 361 g/mol. The third-order valence-corrected chi connectivity index (χ3v) is 4.51. The van der Waals surface area contributed by atoms with E-state index in [1.54, 1.807) is 19.9 Å². The molecule has 1 aromatic carbocycles. The van der Waals surface area contributed by atoms with Crippen LogP contribution in [0.1, 0.15) is 25.8 Å². The number of ether oxygens (including phenoxy) is 1. The summed E-state index contributed by atoms with van der Waals surface area (Å²) < 4.78 is 5.54. The molecule has 0 N–H and O–H groups in total. The standard InChI is InChI=1S/C18H19NO3S2/c1-13(2)22-16(20)11-12-19-17(21)15(24-18(19)23)10-6-9-14-7-4-3-5-8-14/h3-10,13H,11-12H2,1-2H3. The van der Waals surface area contributed by atoms with Gasteiger partial charge in [-0.15, -0.1) is 0 Å². The van der Waals surface area contributed by atoms with Crippen molar-refractivity contribution in [3.8, 4) is 0 Å². The van der Waals surface area contributed by atoms with E-state index in [1.807, 2.05) is 42.5 Å². The number of thiocarbonyl (C=S) groups is 1. The zero-order valence-corrected chi connectivity index (χ0v) is 15.2. The van der Waals surface area contributed by atoms with Crippen LogP contribution in [0.4, 0.5) is 0 Å². The summed E-state index contributed by atoms with van der Waals surface area (Å²) in [6, 6.07) is 9.82. The fourth-order valence-electron chi connectivity index (χ4n) is 2.04. The van der Waals surface area contributed by atoms with Gasteiger partial charge in [0.1, 0.15) is 4.32 Å². The molecule has 0 radical (unpaired) electrons. The van der Waals surface area contributed by atoms with Crippen molar-refractivity contribution in [3.05, 3.63) is 53.0 Å². The summed E-state index contributed by atoms with van der Waals surface area (Å²) >= 11 is 6.48. The lowest BCUT2D eigenvalue weighted by Gasteiger charge is -2.14. The normalized spacial score (nSPS) is 16.6. The van der Waals surface area contributed by atoms with E-state index in [0.29, 0.717) is 9.23 Å². The van der Waals surface area contributed by atoms with Crippen molar-refractivity contribution in [2.75, 3.05) is 6.54 Å². The molecule has 126 valence electrons. The highest BCUT2D eigenvalue weighted by atomic mass is 32.2. The van der Waals surface area contributed by atoms with Crippen LogP contribution in [0.5, 0.6) is 0 Å². The Bertz CT molecular complexity index is 681. The van der Waals surface area contributed by atoms with E-state index >= 15 is 0 Å². The van der Waals surface area contributed by atoms with Crippen molar-refractivity contribution < 1.29 is 14.3 Å². The Morgan fingerprint density at radius 1 is 1.33 bits per heavy atom. The molecule has 1 saturated heterocycles. The predicted molar refractivity (Wildman–Crippen MR) is 101 cm³/mol. The van der Waals surface area contributed by atoms with E-state index in [4.69, 9.17) is 17.0 Å². The largest absolute Gasteiger partial charge is 0.463 e. The summed E-state index contributed by atoms with van der Waals surface area (Å²) in [6.45, 7) is 3.83. The van der Waals surface area contributed by atoms with Gasteiger partial charge >= 0.3 is 5.97 Å². The zero-order valence-electron chi connectivity index (χ0n) is 13.6. The fraction of sp³-hybridized carbons (Fsp3) is 0.278. The van der Waals surface area contributed by atoms with Crippen molar-refractivity contribution in [2.45, 2.75) is 26.4 Å². The summed E-state index contributed by atoms with van der Waals surface area (Å²) in [5, 5.41) is 0. The SMILES string of the molecule is CC(C)OC(=O)CCN1C(=O)C(=CC=Cc2ccccc2)SC1=S.